The summed E-state index contributed by atoms with van der Waals surface area (Å²) >= 11 is 0. The van der Waals surface area contributed by atoms with E-state index in [2.05, 4.69) is 29.6 Å². The molecule has 0 fully saturated rings. The highest BCUT2D eigenvalue weighted by molar-refractivity contribution is 5.86. The van der Waals surface area contributed by atoms with Gasteiger partial charge >= 0.3 is 5.97 Å². The van der Waals surface area contributed by atoms with E-state index in [1.54, 1.807) is 5.92 Å². The second kappa shape index (κ2) is 37.5. The summed E-state index contributed by atoms with van der Waals surface area (Å²) in [7, 11) is 0. The SMILES string of the molecule is C#CC(O)/C=C/C(O)CCCC(O)C(O)C#CC(O)C#CCCCCC(=O)CCCCC/C=C/C(O)CCCCCCCCCCCCC(O)C(O)C(O)C#CC(=O)O. The van der Waals surface area contributed by atoms with E-state index in [0.29, 0.717) is 57.8 Å². The lowest BCUT2D eigenvalue weighted by atomic mass is 10.0. The third kappa shape index (κ3) is 35.0. The summed E-state index contributed by atoms with van der Waals surface area (Å²) in [4.78, 5) is 22.6. The Labute approximate surface area is 352 Å². The van der Waals surface area contributed by atoms with Crippen LogP contribution < -0.4 is 0 Å². The molecule has 0 aliphatic carbocycles. The molecule has 12 nitrogen and oxygen atoms in total. The summed E-state index contributed by atoms with van der Waals surface area (Å²) in [6.07, 6.45) is 20.2. The van der Waals surface area contributed by atoms with Crippen molar-refractivity contribution in [2.75, 3.05) is 0 Å². The van der Waals surface area contributed by atoms with Gasteiger partial charge in [-0.2, -0.15) is 0 Å². The highest BCUT2D eigenvalue weighted by Crippen LogP contribution is 2.15. The lowest BCUT2D eigenvalue weighted by Gasteiger charge is -2.19. The third-order valence-corrected chi connectivity index (χ3v) is 9.64. The molecule has 0 spiro atoms. The van der Waals surface area contributed by atoms with Crippen LogP contribution in [0.2, 0.25) is 0 Å². The monoisotopic (exact) mass is 829 g/mol. The maximum absolute atomic E-state index is 12.2. The zero-order valence-corrected chi connectivity index (χ0v) is 34.8. The molecule has 0 amide bonds. The van der Waals surface area contributed by atoms with Crippen LogP contribution in [0.25, 0.3) is 0 Å². The summed E-state index contributed by atoms with van der Waals surface area (Å²) in [5, 5.41) is 97.2. The zero-order valence-electron chi connectivity index (χ0n) is 34.8. The van der Waals surface area contributed by atoms with Gasteiger partial charge in [-0.25, -0.2) is 4.79 Å². The average molecular weight is 829 g/mol. The van der Waals surface area contributed by atoms with Gasteiger partial charge in [0.05, 0.1) is 24.4 Å². The molecule has 0 radical (unpaired) electrons. The number of carboxylic acids is 1. The minimum Gasteiger partial charge on any atom is -0.472 e. The van der Waals surface area contributed by atoms with Crippen molar-refractivity contribution in [1.82, 2.24) is 0 Å². The number of terminal acetylenes is 1. The second-order valence-corrected chi connectivity index (χ2v) is 15.0. The number of unbranched alkanes of at least 4 members (excludes halogenated alkanes) is 14. The van der Waals surface area contributed by atoms with Crippen LogP contribution in [0.15, 0.2) is 24.3 Å². The van der Waals surface area contributed by atoms with Gasteiger partial charge in [0.1, 0.15) is 30.2 Å². The first-order valence-corrected chi connectivity index (χ1v) is 21.5. The molecule has 0 saturated carbocycles. The van der Waals surface area contributed by atoms with Gasteiger partial charge in [-0.1, -0.05) is 124 Å². The summed E-state index contributed by atoms with van der Waals surface area (Å²) in [6.45, 7) is 0. The van der Waals surface area contributed by atoms with Crippen molar-refractivity contribution < 1.29 is 60.7 Å². The molecule has 59 heavy (non-hydrogen) atoms. The van der Waals surface area contributed by atoms with E-state index in [-0.39, 0.29) is 12.2 Å². The lowest BCUT2D eigenvalue weighted by Crippen LogP contribution is -2.36. The van der Waals surface area contributed by atoms with Gasteiger partial charge in [-0.05, 0) is 70.3 Å². The van der Waals surface area contributed by atoms with Gasteiger partial charge < -0.3 is 51.1 Å². The van der Waals surface area contributed by atoms with Crippen molar-refractivity contribution in [1.29, 1.82) is 0 Å². The normalized spacial score (nSPS) is 15.9. The predicted molar refractivity (Wildman–Crippen MR) is 228 cm³/mol. The molecule has 9 unspecified atom stereocenters. The molecule has 0 aliphatic rings. The summed E-state index contributed by atoms with van der Waals surface area (Å²) < 4.78 is 0. The highest BCUT2D eigenvalue weighted by atomic mass is 16.4. The minimum absolute atomic E-state index is 0.178. The molecule has 0 aromatic carbocycles. The van der Waals surface area contributed by atoms with E-state index in [9.17, 15) is 55.5 Å². The molecule has 0 bridgehead atoms. The van der Waals surface area contributed by atoms with E-state index in [0.717, 1.165) is 89.9 Å². The molecule has 332 valence electrons. The Morgan fingerprint density at radius 3 is 1.69 bits per heavy atom. The molecule has 0 heterocycles. The smallest absolute Gasteiger partial charge is 0.381 e. The van der Waals surface area contributed by atoms with Crippen molar-refractivity contribution in [3.05, 3.63) is 24.3 Å². The number of aliphatic carboxylic acids is 1. The third-order valence-electron chi connectivity index (χ3n) is 9.64. The Hall–Kier alpha value is -3.50. The van der Waals surface area contributed by atoms with Crippen molar-refractivity contribution in [3.8, 4) is 47.9 Å². The first-order chi connectivity index (χ1) is 28.3. The van der Waals surface area contributed by atoms with Gasteiger partial charge in [-0.15, -0.1) is 6.42 Å². The van der Waals surface area contributed by atoms with E-state index >= 15 is 0 Å². The maximum atomic E-state index is 12.2. The van der Waals surface area contributed by atoms with Crippen molar-refractivity contribution in [2.24, 2.45) is 0 Å². The van der Waals surface area contributed by atoms with Crippen LogP contribution in [0.5, 0.6) is 0 Å². The predicted octanol–water partition coefficient (Wildman–Crippen LogP) is 4.01. The fourth-order valence-electron chi connectivity index (χ4n) is 6.04. The molecular weight excluding hydrogens is 757 g/mol. The van der Waals surface area contributed by atoms with Crippen LogP contribution in [0.3, 0.4) is 0 Å². The van der Waals surface area contributed by atoms with Gasteiger partial charge in [0.25, 0.3) is 0 Å². The van der Waals surface area contributed by atoms with Gasteiger partial charge in [0.2, 0.25) is 0 Å². The molecule has 10 N–H and O–H groups in total. The van der Waals surface area contributed by atoms with Crippen LogP contribution in [-0.4, -0.2) is 118 Å². The largest absolute Gasteiger partial charge is 0.472 e. The summed E-state index contributed by atoms with van der Waals surface area (Å²) in [6, 6.07) is 0. The molecule has 0 aromatic rings. The zero-order chi connectivity index (χ0) is 44.1. The van der Waals surface area contributed by atoms with Crippen LogP contribution >= 0.6 is 0 Å². The fraction of sp³-hybridized carbons (Fsp3) is 0.702. The Bertz CT molecular complexity index is 1400. The van der Waals surface area contributed by atoms with Crippen LogP contribution in [0, 0.1) is 47.9 Å². The fourth-order valence-corrected chi connectivity index (χ4v) is 6.04. The number of aliphatic hydroxyl groups excluding tert-OH is 9. The molecule has 0 rings (SSSR count). The number of hydrogen-bond donors (Lipinski definition) is 10. The van der Waals surface area contributed by atoms with Crippen molar-refractivity contribution in [3.63, 3.8) is 0 Å². The Morgan fingerprint density at radius 1 is 0.525 bits per heavy atom. The number of allylic oxidation sites excluding steroid dienone is 1. The number of ketones is 1. The van der Waals surface area contributed by atoms with Gasteiger partial charge in [0.15, 0.2) is 6.10 Å². The first kappa shape index (κ1) is 55.5. The lowest BCUT2D eigenvalue weighted by molar-refractivity contribution is -0.130. The summed E-state index contributed by atoms with van der Waals surface area (Å²) in [5.41, 5.74) is 0. The van der Waals surface area contributed by atoms with Crippen LogP contribution in [0.1, 0.15) is 154 Å². The second-order valence-electron chi connectivity index (χ2n) is 15.0. The van der Waals surface area contributed by atoms with Crippen LogP contribution in [0.4, 0.5) is 0 Å². The number of rotatable bonds is 33. The minimum atomic E-state index is -1.59. The first-order valence-electron chi connectivity index (χ1n) is 21.5. The Balaban J connectivity index is 3.78. The average Bonchev–Trinajstić information content (AvgIpc) is 3.21. The van der Waals surface area contributed by atoms with E-state index in [1.807, 2.05) is 18.1 Å². The van der Waals surface area contributed by atoms with E-state index in [4.69, 9.17) is 11.5 Å². The maximum Gasteiger partial charge on any atom is 0.381 e. The molecule has 9 atom stereocenters. The van der Waals surface area contributed by atoms with E-state index in [1.165, 1.54) is 12.2 Å². The molecule has 0 aromatic heterocycles. The quantitative estimate of drug-likeness (QED) is 0.0257. The number of aliphatic hydroxyl groups is 9. The molecular formula is C47H72O12. The van der Waals surface area contributed by atoms with Crippen molar-refractivity contribution in [2.45, 2.75) is 209 Å². The van der Waals surface area contributed by atoms with Crippen molar-refractivity contribution >= 4 is 11.8 Å². The molecule has 0 aliphatic heterocycles. The molecule has 12 heteroatoms. The number of carboxylic acid groups (broad SMARTS) is 1. The number of carbonyl (C=O) groups is 2. The number of Topliss-reactive ketones (excluding diaryl/α,β-unsaturated/α-hetero) is 1. The Morgan fingerprint density at radius 2 is 1.07 bits per heavy atom. The molecule has 0 saturated heterocycles. The van der Waals surface area contributed by atoms with E-state index < -0.39 is 60.9 Å². The van der Waals surface area contributed by atoms with Crippen LogP contribution in [-0.2, 0) is 9.59 Å². The highest BCUT2D eigenvalue weighted by Gasteiger charge is 2.23. The standard InChI is InChI=1S/C47H72O12/c1-2-37(48)31-32-41(52)28-22-30-42(53)43(54)34-33-40(51)27-20-15-14-19-26-39(50)25-18-12-9-11-17-24-38(49)23-16-10-7-5-3-4-6-8-13-21-29-44(55)47(59)45(56)35-36-46(57)58/h1,17,24,31-32,37-38,40-45,47-49,51-56,59H,3-16,18-19,21-23,25-26,28-30H2,(H,57,58)/b24-17+,32-31+. The Kier molecular flexibility index (Phi) is 35.3. The number of hydrogen-bond acceptors (Lipinski definition) is 11. The van der Waals surface area contributed by atoms with Gasteiger partial charge in [-0.3, -0.25) is 4.79 Å². The summed E-state index contributed by atoms with van der Waals surface area (Å²) in [5.74, 6) is 14.9. The number of carbonyl (C=O) groups excluding carboxylic acids is 1. The topological polar surface area (TPSA) is 236 Å². The van der Waals surface area contributed by atoms with Gasteiger partial charge in [0, 0.05) is 25.2 Å².